The van der Waals surface area contributed by atoms with E-state index in [1.165, 1.54) is 12.1 Å². The van der Waals surface area contributed by atoms with Crippen LogP contribution in [0.4, 0.5) is 10.2 Å². The van der Waals surface area contributed by atoms with E-state index in [1.54, 1.807) is 24.4 Å². The number of hydrogen-bond donors (Lipinski definition) is 2. The molecule has 2 aromatic rings. The summed E-state index contributed by atoms with van der Waals surface area (Å²) >= 11 is 0. The van der Waals surface area contributed by atoms with Gasteiger partial charge in [0.1, 0.15) is 17.2 Å². The van der Waals surface area contributed by atoms with Gasteiger partial charge in [0.2, 0.25) is 0 Å². The molecule has 1 aromatic carbocycles. The molecule has 1 saturated heterocycles. The van der Waals surface area contributed by atoms with Gasteiger partial charge in [-0.25, -0.2) is 9.37 Å². The lowest BCUT2D eigenvalue weighted by atomic mass is 9.93. The van der Waals surface area contributed by atoms with E-state index >= 15 is 0 Å². The highest BCUT2D eigenvalue weighted by atomic mass is 19.1. The molecular formula is C16H17FN2O2. The SMILES string of the molecule is OCc1ccnc(N2CCC(O)(c3ccc(F)cc3)C2)c1. The van der Waals surface area contributed by atoms with Crippen molar-refractivity contribution in [1.82, 2.24) is 4.98 Å². The highest BCUT2D eigenvalue weighted by Crippen LogP contribution is 2.34. The van der Waals surface area contributed by atoms with E-state index in [2.05, 4.69) is 4.98 Å². The fraction of sp³-hybridized carbons (Fsp3) is 0.312. The van der Waals surface area contributed by atoms with Crippen LogP contribution in [0.15, 0.2) is 42.6 Å². The Bertz CT molecular complexity index is 632. The van der Waals surface area contributed by atoms with Crippen LogP contribution in [0.5, 0.6) is 0 Å². The molecule has 1 unspecified atom stereocenters. The fourth-order valence-corrected chi connectivity index (χ4v) is 2.72. The molecular weight excluding hydrogens is 271 g/mol. The van der Waals surface area contributed by atoms with Crippen LogP contribution in [-0.2, 0) is 12.2 Å². The first-order chi connectivity index (χ1) is 10.1. The Balaban J connectivity index is 1.82. The summed E-state index contributed by atoms with van der Waals surface area (Å²) in [6, 6.07) is 9.54. The Hall–Kier alpha value is -1.98. The summed E-state index contributed by atoms with van der Waals surface area (Å²) in [4.78, 5) is 6.26. The molecule has 0 spiro atoms. The first-order valence-electron chi connectivity index (χ1n) is 6.90. The molecule has 1 fully saturated rings. The van der Waals surface area contributed by atoms with Gasteiger partial charge in [-0.1, -0.05) is 12.1 Å². The highest BCUT2D eigenvalue weighted by molar-refractivity contribution is 5.44. The minimum atomic E-state index is -0.995. The van der Waals surface area contributed by atoms with Gasteiger partial charge in [0.05, 0.1) is 13.2 Å². The molecule has 2 heterocycles. The van der Waals surface area contributed by atoms with Gasteiger partial charge in [0, 0.05) is 12.7 Å². The molecule has 21 heavy (non-hydrogen) atoms. The monoisotopic (exact) mass is 288 g/mol. The van der Waals surface area contributed by atoms with Gasteiger partial charge in [-0.15, -0.1) is 0 Å². The Labute approximate surface area is 122 Å². The zero-order valence-electron chi connectivity index (χ0n) is 11.5. The summed E-state index contributed by atoms with van der Waals surface area (Å²) in [5.74, 6) is 0.425. The quantitative estimate of drug-likeness (QED) is 0.904. The van der Waals surface area contributed by atoms with Crippen molar-refractivity contribution in [3.63, 3.8) is 0 Å². The van der Waals surface area contributed by atoms with Crippen molar-refractivity contribution in [2.45, 2.75) is 18.6 Å². The van der Waals surface area contributed by atoms with Crippen LogP contribution in [0.2, 0.25) is 0 Å². The molecule has 3 rings (SSSR count). The van der Waals surface area contributed by atoms with Crippen molar-refractivity contribution < 1.29 is 14.6 Å². The normalized spacial score (nSPS) is 21.8. The van der Waals surface area contributed by atoms with Crippen molar-refractivity contribution in [1.29, 1.82) is 0 Å². The minimum Gasteiger partial charge on any atom is -0.392 e. The van der Waals surface area contributed by atoms with E-state index in [1.807, 2.05) is 11.0 Å². The number of aliphatic hydroxyl groups excluding tert-OH is 1. The third-order valence-corrected chi connectivity index (χ3v) is 3.95. The number of rotatable bonds is 3. The van der Waals surface area contributed by atoms with Gasteiger partial charge in [0.15, 0.2) is 0 Å². The highest BCUT2D eigenvalue weighted by Gasteiger charge is 2.38. The molecule has 0 radical (unpaired) electrons. The van der Waals surface area contributed by atoms with Gasteiger partial charge in [-0.3, -0.25) is 0 Å². The molecule has 0 amide bonds. The average molecular weight is 288 g/mol. The standard InChI is InChI=1S/C16H17FN2O2/c17-14-3-1-13(2-4-14)16(21)6-8-19(11-16)15-9-12(10-20)5-7-18-15/h1-5,7,9,20-21H,6,8,10-11H2. The number of anilines is 1. The number of aromatic nitrogens is 1. The van der Waals surface area contributed by atoms with Crippen LogP contribution in [-0.4, -0.2) is 28.3 Å². The molecule has 1 aliphatic rings. The van der Waals surface area contributed by atoms with Crippen LogP contribution in [0, 0.1) is 5.82 Å². The maximum Gasteiger partial charge on any atom is 0.128 e. The molecule has 0 aliphatic carbocycles. The molecule has 5 heteroatoms. The van der Waals surface area contributed by atoms with Gasteiger partial charge >= 0.3 is 0 Å². The van der Waals surface area contributed by atoms with Crippen molar-refractivity contribution in [2.24, 2.45) is 0 Å². The van der Waals surface area contributed by atoms with E-state index in [4.69, 9.17) is 0 Å². The second kappa shape index (κ2) is 5.42. The van der Waals surface area contributed by atoms with E-state index < -0.39 is 5.60 Å². The van der Waals surface area contributed by atoms with Crippen LogP contribution in [0.1, 0.15) is 17.5 Å². The van der Waals surface area contributed by atoms with Crippen LogP contribution < -0.4 is 4.90 Å². The number of benzene rings is 1. The number of β-amino-alcohol motifs (C(OH)–C–C–N with tert-alkyl or cyclic N) is 1. The van der Waals surface area contributed by atoms with E-state index in [-0.39, 0.29) is 12.4 Å². The maximum atomic E-state index is 13.0. The summed E-state index contributed by atoms with van der Waals surface area (Å²) in [6.07, 6.45) is 2.21. The Morgan fingerprint density at radius 2 is 2.00 bits per heavy atom. The van der Waals surface area contributed by atoms with Crippen LogP contribution >= 0.6 is 0 Å². The molecule has 0 bridgehead atoms. The third-order valence-electron chi connectivity index (χ3n) is 3.95. The maximum absolute atomic E-state index is 13.0. The molecule has 110 valence electrons. The number of hydrogen-bond acceptors (Lipinski definition) is 4. The Morgan fingerprint density at radius 1 is 1.24 bits per heavy atom. The summed E-state index contributed by atoms with van der Waals surface area (Å²) in [6.45, 7) is 1.03. The van der Waals surface area contributed by atoms with Crippen LogP contribution in [0.25, 0.3) is 0 Å². The zero-order valence-corrected chi connectivity index (χ0v) is 11.5. The molecule has 4 nitrogen and oxygen atoms in total. The number of halogens is 1. The lowest BCUT2D eigenvalue weighted by molar-refractivity contribution is 0.0605. The first-order valence-corrected chi connectivity index (χ1v) is 6.90. The largest absolute Gasteiger partial charge is 0.392 e. The second-order valence-electron chi connectivity index (χ2n) is 5.39. The van der Waals surface area contributed by atoms with E-state index in [0.29, 0.717) is 25.1 Å². The van der Waals surface area contributed by atoms with E-state index in [0.717, 1.165) is 11.4 Å². The number of nitrogens with zero attached hydrogens (tertiary/aromatic N) is 2. The van der Waals surface area contributed by atoms with Gasteiger partial charge in [0.25, 0.3) is 0 Å². The second-order valence-corrected chi connectivity index (χ2v) is 5.39. The Morgan fingerprint density at radius 3 is 2.71 bits per heavy atom. The molecule has 1 aliphatic heterocycles. The molecule has 2 N–H and O–H groups in total. The molecule has 1 atom stereocenters. The minimum absolute atomic E-state index is 0.0361. The smallest absolute Gasteiger partial charge is 0.128 e. The zero-order chi connectivity index (χ0) is 14.9. The average Bonchev–Trinajstić information content (AvgIpc) is 2.92. The molecule has 1 aromatic heterocycles. The first kappa shape index (κ1) is 14.0. The van der Waals surface area contributed by atoms with Crippen molar-refractivity contribution in [3.05, 3.63) is 59.5 Å². The van der Waals surface area contributed by atoms with Gasteiger partial charge in [-0.05, 0) is 41.8 Å². The summed E-state index contributed by atoms with van der Waals surface area (Å²) in [5, 5.41) is 20.0. The summed E-state index contributed by atoms with van der Waals surface area (Å²) in [7, 11) is 0. The lowest BCUT2D eigenvalue weighted by Gasteiger charge is -2.24. The lowest BCUT2D eigenvalue weighted by Crippen LogP contribution is -2.31. The fourth-order valence-electron chi connectivity index (χ4n) is 2.72. The number of pyridine rings is 1. The van der Waals surface area contributed by atoms with Gasteiger partial charge < -0.3 is 15.1 Å². The topological polar surface area (TPSA) is 56.6 Å². The Kier molecular flexibility index (Phi) is 3.61. The summed E-state index contributed by atoms with van der Waals surface area (Å²) < 4.78 is 13.0. The van der Waals surface area contributed by atoms with E-state index in [9.17, 15) is 14.6 Å². The van der Waals surface area contributed by atoms with Crippen LogP contribution in [0.3, 0.4) is 0 Å². The van der Waals surface area contributed by atoms with Gasteiger partial charge in [-0.2, -0.15) is 0 Å². The predicted molar refractivity (Wildman–Crippen MR) is 77.3 cm³/mol. The van der Waals surface area contributed by atoms with Crippen molar-refractivity contribution in [3.8, 4) is 0 Å². The number of aliphatic hydroxyl groups is 2. The third kappa shape index (κ3) is 2.75. The van der Waals surface area contributed by atoms with Crippen molar-refractivity contribution >= 4 is 5.82 Å². The molecule has 0 saturated carbocycles. The van der Waals surface area contributed by atoms with Crippen molar-refractivity contribution in [2.75, 3.05) is 18.0 Å². The summed E-state index contributed by atoms with van der Waals surface area (Å²) in [5.41, 5.74) is 0.506. The predicted octanol–water partition coefficient (Wildman–Crippen LogP) is 1.81.